The van der Waals surface area contributed by atoms with Crippen molar-refractivity contribution < 1.29 is 28.5 Å². The lowest BCUT2D eigenvalue weighted by molar-refractivity contribution is 0.0483. The van der Waals surface area contributed by atoms with Crippen molar-refractivity contribution in [2.24, 2.45) is 0 Å². The van der Waals surface area contributed by atoms with Gasteiger partial charge in [-0.3, -0.25) is 0 Å². The monoisotopic (exact) mass is 256 g/mol. The number of hydrogen-bond acceptors (Lipinski definition) is 6. The van der Waals surface area contributed by atoms with Crippen LogP contribution in [0.15, 0.2) is 37.6 Å². The van der Waals surface area contributed by atoms with Gasteiger partial charge in [0, 0.05) is 0 Å². The van der Waals surface area contributed by atoms with E-state index in [0.717, 1.165) is 6.26 Å². The van der Waals surface area contributed by atoms with Crippen LogP contribution in [0.4, 0.5) is 9.59 Å². The molecule has 0 heterocycles. The minimum absolute atomic E-state index is 0.0621. The topological polar surface area (TPSA) is 71.1 Å². The number of carbonyl (C=O) groups excluding carboxylic acids is 2. The summed E-state index contributed by atoms with van der Waals surface area (Å²) < 4.78 is 18.4. The van der Waals surface area contributed by atoms with Gasteiger partial charge in [-0.25, -0.2) is 9.59 Å². The van der Waals surface area contributed by atoms with Crippen LogP contribution < -0.4 is 0 Å². The molecule has 6 heteroatoms. The lowest BCUT2D eigenvalue weighted by Crippen LogP contribution is -2.14. The summed E-state index contributed by atoms with van der Waals surface area (Å²) >= 11 is 0. The van der Waals surface area contributed by atoms with Crippen molar-refractivity contribution in [3.05, 3.63) is 37.6 Å². The molecule has 0 radical (unpaired) electrons. The first-order chi connectivity index (χ1) is 8.60. The van der Waals surface area contributed by atoms with Crippen LogP contribution in [0, 0.1) is 0 Å². The van der Waals surface area contributed by atoms with Crippen molar-refractivity contribution in [3.8, 4) is 0 Å². The molecule has 0 rings (SSSR count). The lowest BCUT2D eigenvalue weighted by atomic mass is 10.4. The average molecular weight is 256 g/mol. The first-order valence-electron chi connectivity index (χ1n) is 5.15. The quantitative estimate of drug-likeness (QED) is 0.396. The Morgan fingerprint density at radius 1 is 1.11 bits per heavy atom. The zero-order chi connectivity index (χ0) is 13.8. The molecule has 0 aromatic rings. The van der Waals surface area contributed by atoms with E-state index in [1.54, 1.807) is 6.92 Å². The Bertz CT molecular complexity index is 321. The maximum Gasteiger partial charge on any atom is 0.513 e. The van der Waals surface area contributed by atoms with Gasteiger partial charge in [-0.2, -0.15) is 0 Å². The fraction of sp³-hybridized carbons (Fsp3) is 0.333. The minimum Gasteiger partial charge on any atom is -0.430 e. The fourth-order valence-corrected chi connectivity index (χ4v) is 0.719. The van der Waals surface area contributed by atoms with Crippen molar-refractivity contribution in [3.63, 3.8) is 0 Å². The van der Waals surface area contributed by atoms with Gasteiger partial charge in [0.1, 0.15) is 19.3 Å². The van der Waals surface area contributed by atoms with Crippen LogP contribution in [0.2, 0.25) is 0 Å². The highest BCUT2D eigenvalue weighted by Gasteiger charge is 2.07. The standard InChI is InChI=1S/C12H16O6/c1-4-7-15-11(13)17-9-6-10(3)18-12(14)16-8-5-2/h4-6,9-10H,1-2,7-8H2,3H3. The van der Waals surface area contributed by atoms with Gasteiger partial charge >= 0.3 is 12.3 Å². The summed E-state index contributed by atoms with van der Waals surface area (Å²) in [6, 6.07) is 0. The third-order valence-corrected chi connectivity index (χ3v) is 1.43. The maximum absolute atomic E-state index is 11.0. The number of ether oxygens (including phenoxy) is 4. The Morgan fingerprint density at radius 2 is 1.67 bits per heavy atom. The highest BCUT2D eigenvalue weighted by molar-refractivity contribution is 5.61. The molecule has 1 unspecified atom stereocenters. The fourth-order valence-electron chi connectivity index (χ4n) is 0.719. The second-order valence-corrected chi connectivity index (χ2v) is 2.97. The highest BCUT2D eigenvalue weighted by atomic mass is 16.7. The Labute approximate surface area is 105 Å². The predicted octanol–water partition coefficient (Wildman–Crippen LogP) is 2.57. The van der Waals surface area contributed by atoms with E-state index in [2.05, 4.69) is 27.4 Å². The molecule has 6 nitrogen and oxygen atoms in total. The first-order valence-corrected chi connectivity index (χ1v) is 5.15. The number of carbonyl (C=O) groups is 2. The van der Waals surface area contributed by atoms with Gasteiger partial charge in [-0.15, -0.1) is 0 Å². The van der Waals surface area contributed by atoms with Crippen LogP contribution in [0.5, 0.6) is 0 Å². The Balaban J connectivity index is 3.82. The molecule has 0 spiro atoms. The first kappa shape index (κ1) is 15.8. The van der Waals surface area contributed by atoms with E-state index in [1.807, 2.05) is 0 Å². The maximum atomic E-state index is 11.0. The third kappa shape index (κ3) is 9.02. The molecule has 0 bridgehead atoms. The molecule has 0 amide bonds. The van der Waals surface area contributed by atoms with Crippen LogP contribution in [-0.2, 0) is 18.9 Å². The zero-order valence-corrected chi connectivity index (χ0v) is 10.2. The number of rotatable bonds is 7. The normalized spacial score (nSPS) is 11.4. The molecular formula is C12H16O6. The van der Waals surface area contributed by atoms with E-state index in [-0.39, 0.29) is 13.2 Å². The van der Waals surface area contributed by atoms with Crippen molar-refractivity contribution in [1.29, 1.82) is 0 Å². The van der Waals surface area contributed by atoms with Gasteiger partial charge in [-0.1, -0.05) is 25.3 Å². The predicted molar refractivity (Wildman–Crippen MR) is 63.9 cm³/mol. The molecule has 0 N–H and O–H groups in total. The molecule has 0 saturated heterocycles. The highest BCUT2D eigenvalue weighted by Crippen LogP contribution is 1.97. The van der Waals surface area contributed by atoms with Gasteiger partial charge < -0.3 is 18.9 Å². The molecule has 0 aromatic carbocycles. The molecular weight excluding hydrogens is 240 g/mol. The largest absolute Gasteiger partial charge is 0.513 e. The summed E-state index contributed by atoms with van der Waals surface area (Å²) in [5, 5.41) is 0. The van der Waals surface area contributed by atoms with Crippen LogP contribution in [-0.4, -0.2) is 31.6 Å². The SMILES string of the molecule is C=CCOC(=O)OC=CC(C)OC(=O)OCC=C. The summed E-state index contributed by atoms with van der Waals surface area (Å²) in [6.45, 7) is 8.45. The lowest BCUT2D eigenvalue weighted by Gasteiger charge is -2.08. The summed E-state index contributed by atoms with van der Waals surface area (Å²) in [5.74, 6) is 0. The zero-order valence-electron chi connectivity index (χ0n) is 10.2. The third-order valence-electron chi connectivity index (χ3n) is 1.43. The molecule has 0 aliphatic heterocycles. The molecule has 0 aliphatic carbocycles. The molecule has 18 heavy (non-hydrogen) atoms. The van der Waals surface area contributed by atoms with E-state index < -0.39 is 18.4 Å². The second kappa shape index (κ2) is 9.95. The van der Waals surface area contributed by atoms with Crippen LogP contribution in [0.25, 0.3) is 0 Å². The molecule has 100 valence electrons. The van der Waals surface area contributed by atoms with Crippen LogP contribution in [0.1, 0.15) is 6.92 Å². The Hall–Kier alpha value is -2.24. The smallest absolute Gasteiger partial charge is 0.430 e. The minimum atomic E-state index is -0.868. The van der Waals surface area contributed by atoms with E-state index in [0.29, 0.717) is 0 Å². The average Bonchev–Trinajstić information content (AvgIpc) is 2.33. The summed E-state index contributed by atoms with van der Waals surface area (Å²) in [6.07, 6.45) is 2.94. The van der Waals surface area contributed by atoms with Crippen LogP contribution >= 0.6 is 0 Å². The number of hydrogen-bond donors (Lipinski definition) is 0. The summed E-state index contributed by atoms with van der Waals surface area (Å²) in [5.41, 5.74) is 0. The van der Waals surface area contributed by atoms with Gasteiger partial charge in [-0.05, 0) is 13.0 Å². The molecule has 0 saturated carbocycles. The van der Waals surface area contributed by atoms with Gasteiger partial charge in [0.15, 0.2) is 0 Å². The van der Waals surface area contributed by atoms with E-state index in [9.17, 15) is 9.59 Å². The van der Waals surface area contributed by atoms with Gasteiger partial charge in [0.2, 0.25) is 0 Å². The van der Waals surface area contributed by atoms with Crippen molar-refractivity contribution in [2.45, 2.75) is 13.0 Å². The van der Waals surface area contributed by atoms with Crippen LogP contribution in [0.3, 0.4) is 0 Å². The van der Waals surface area contributed by atoms with Gasteiger partial charge in [0.05, 0.1) is 6.26 Å². The molecule has 0 aromatic heterocycles. The van der Waals surface area contributed by atoms with E-state index >= 15 is 0 Å². The molecule has 1 atom stereocenters. The van der Waals surface area contributed by atoms with E-state index in [4.69, 9.17) is 4.74 Å². The molecule has 0 aliphatic rings. The Morgan fingerprint density at radius 3 is 2.22 bits per heavy atom. The van der Waals surface area contributed by atoms with Gasteiger partial charge in [0.25, 0.3) is 0 Å². The molecule has 0 fully saturated rings. The van der Waals surface area contributed by atoms with Crippen molar-refractivity contribution in [1.82, 2.24) is 0 Å². The van der Waals surface area contributed by atoms with Crippen molar-refractivity contribution in [2.75, 3.05) is 13.2 Å². The second-order valence-electron chi connectivity index (χ2n) is 2.97. The summed E-state index contributed by atoms with van der Waals surface area (Å²) in [4.78, 5) is 21.8. The summed E-state index contributed by atoms with van der Waals surface area (Å²) in [7, 11) is 0. The van der Waals surface area contributed by atoms with E-state index in [1.165, 1.54) is 18.2 Å². The Kier molecular flexibility index (Phi) is 8.71. The van der Waals surface area contributed by atoms with Crippen molar-refractivity contribution >= 4 is 12.3 Å².